The van der Waals surface area contributed by atoms with E-state index in [2.05, 4.69) is 21.9 Å². The fraction of sp³-hybridized carbons (Fsp3) is 0.389. The zero-order valence-corrected chi connectivity index (χ0v) is 26.7. The highest BCUT2D eigenvalue weighted by atomic mass is 19.1. The summed E-state index contributed by atoms with van der Waals surface area (Å²) in [5.41, 5.74) is 4.61. The molecule has 2 aliphatic rings. The van der Waals surface area contributed by atoms with Crippen LogP contribution in [0.3, 0.4) is 0 Å². The molecule has 1 fully saturated rings. The number of ether oxygens (including phenoxy) is 3. The van der Waals surface area contributed by atoms with Crippen LogP contribution in [-0.4, -0.2) is 92.0 Å². The molecule has 0 saturated carbocycles. The fourth-order valence-electron chi connectivity index (χ4n) is 6.01. The number of aliphatic carboxylic acids is 2. The van der Waals surface area contributed by atoms with Gasteiger partial charge in [-0.15, -0.1) is 0 Å². The second-order valence-corrected chi connectivity index (χ2v) is 11.5. The van der Waals surface area contributed by atoms with Crippen molar-refractivity contribution in [2.75, 3.05) is 60.1 Å². The topological polar surface area (TPSA) is 109 Å². The highest BCUT2D eigenvalue weighted by Gasteiger charge is 2.27. The van der Waals surface area contributed by atoms with Crippen LogP contribution in [-0.2, 0) is 20.7 Å². The van der Waals surface area contributed by atoms with Gasteiger partial charge in [0.1, 0.15) is 11.6 Å². The number of halogens is 2. The van der Waals surface area contributed by atoms with Crippen molar-refractivity contribution >= 4 is 11.9 Å². The molecule has 0 bridgehead atoms. The summed E-state index contributed by atoms with van der Waals surface area (Å²) in [6.07, 6.45) is 3.98. The summed E-state index contributed by atoms with van der Waals surface area (Å²) in [7, 11) is 3.34. The van der Waals surface area contributed by atoms with Crippen LogP contribution in [0.1, 0.15) is 47.1 Å². The van der Waals surface area contributed by atoms with Crippen LogP contribution >= 0.6 is 0 Å². The lowest BCUT2D eigenvalue weighted by atomic mass is 9.87. The highest BCUT2D eigenvalue weighted by Crippen LogP contribution is 2.37. The van der Waals surface area contributed by atoms with Gasteiger partial charge in [0.05, 0.1) is 26.9 Å². The summed E-state index contributed by atoms with van der Waals surface area (Å²) in [6.45, 7) is 6.63. The lowest BCUT2D eigenvalue weighted by Crippen LogP contribution is -2.48. The quantitative estimate of drug-likeness (QED) is 0.244. The van der Waals surface area contributed by atoms with Gasteiger partial charge in [0.15, 0.2) is 11.5 Å². The molecule has 3 aromatic rings. The minimum absolute atomic E-state index is 0.0345. The smallest absolute Gasteiger partial charge is 0.328 e. The minimum atomic E-state index is -1.26. The molecule has 0 aromatic heterocycles. The number of hydrogen-bond acceptors (Lipinski definition) is 7. The van der Waals surface area contributed by atoms with E-state index in [1.54, 1.807) is 14.2 Å². The first-order valence-electron chi connectivity index (χ1n) is 15.6. The average Bonchev–Trinajstić information content (AvgIpc) is 3.07. The van der Waals surface area contributed by atoms with Crippen LogP contribution in [0, 0.1) is 11.6 Å². The van der Waals surface area contributed by atoms with E-state index in [0.717, 1.165) is 87.8 Å². The Balaban J connectivity index is 0.000000555. The second-order valence-electron chi connectivity index (χ2n) is 11.5. The minimum Gasteiger partial charge on any atom is -0.493 e. The zero-order valence-electron chi connectivity index (χ0n) is 26.7. The predicted octanol–water partition coefficient (Wildman–Crippen LogP) is 5.54. The van der Waals surface area contributed by atoms with Crippen LogP contribution in [0.25, 0.3) is 0 Å². The molecule has 1 unspecified atom stereocenters. The first-order valence-corrected chi connectivity index (χ1v) is 15.6. The van der Waals surface area contributed by atoms with Crippen molar-refractivity contribution < 1.29 is 42.8 Å². The number of nitrogens with zero attached hydrogens (tertiary/aromatic N) is 2. The average molecular weight is 653 g/mol. The Morgan fingerprint density at radius 3 is 1.87 bits per heavy atom. The van der Waals surface area contributed by atoms with Gasteiger partial charge in [-0.25, -0.2) is 18.4 Å². The SMILES string of the molecule is COc1cc2c(cc1OC)C(CN1CCN(CCCC(c3ccc(F)cc3)c3ccc(F)cc3)CC1)OCC2.O=C(O)/C=C\C(=O)O. The predicted molar refractivity (Wildman–Crippen MR) is 173 cm³/mol. The van der Waals surface area contributed by atoms with Crippen molar-refractivity contribution in [3.8, 4) is 11.5 Å². The van der Waals surface area contributed by atoms with Crippen LogP contribution in [0.4, 0.5) is 8.78 Å². The lowest BCUT2D eigenvalue weighted by molar-refractivity contribution is -0.134. The van der Waals surface area contributed by atoms with Crippen molar-refractivity contribution in [2.45, 2.75) is 31.3 Å². The standard InChI is InChI=1S/C32H38F2N2O3.C4H4O4/c1-37-30-20-25-13-19-39-32(29(25)21-31(30)38-2)22-36-17-15-35(16-18-36)14-3-4-28(23-5-9-26(33)10-6-23)24-7-11-27(34)12-8-24;5-3(6)1-2-4(7)8/h5-12,20-21,28,32H,3-4,13-19,22H2,1-2H3;1-2H,(H,5,6)(H,7,8)/b;2-1-. The summed E-state index contributed by atoms with van der Waals surface area (Å²) in [6, 6.07) is 17.6. The summed E-state index contributed by atoms with van der Waals surface area (Å²) in [4.78, 5) is 24.1. The van der Waals surface area contributed by atoms with E-state index in [1.165, 1.54) is 35.4 Å². The van der Waals surface area contributed by atoms with E-state index >= 15 is 0 Å². The van der Waals surface area contributed by atoms with Crippen molar-refractivity contribution in [3.05, 3.63) is 107 Å². The van der Waals surface area contributed by atoms with Crippen LogP contribution in [0.2, 0.25) is 0 Å². The van der Waals surface area contributed by atoms with E-state index < -0.39 is 11.9 Å². The van der Waals surface area contributed by atoms with Gasteiger partial charge >= 0.3 is 11.9 Å². The fourth-order valence-corrected chi connectivity index (χ4v) is 6.01. The van der Waals surface area contributed by atoms with E-state index in [9.17, 15) is 18.4 Å². The van der Waals surface area contributed by atoms with E-state index in [4.69, 9.17) is 24.4 Å². The van der Waals surface area contributed by atoms with Crippen molar-refractivity contribution in [1.29, 1.82) is 0 Å². The van der Waals surface area contributed by atoms with Crippen LogP contribution in [0.15, 0.2) is 72.8 Å². The van der Waals surface area contributed by atoms with Gasteiger partial charge in [0.2, 0.25) is 0 Å². The summed E-state index contributed by atoms with van der Waals surface area (Å²) < 4.78 is 44.3. The second kappa shape index (κ2) is 17.6. The Hall–Kier alpha value is -4.32. The summed E-state index contributed by atoms with van der Waals surface area (Å²) in [5, 5.41) is 15.6. The first kappa shape index (κ1) is 35.5. The van der Waals surface area contributed by atoms with Gasteiger partial charge in [-0.2, -0.15) is 0 Å². The van der Waals surface area contributed by atoms with Crippen molar-refractivity contribution in [2.24, 2.45) is 0 Å². The summed E-state index contributed by atoms with van der Waals surface area (Å²) >= 11 is 0. The molecular weight excluding hydrogens is 610 g/mol. The molecule has 1 atom stereocenters. The molecule has 0 radical (unpaired) electrons. The third-order valence-corrected chi connectivity index (χ3v) is 8.45. The number of carbonyl (C=O) groups is 2. The van der Waals surface area contributed by atoms with Crippen molar-refractivity contribution in [3.63, 3.8) is 0 Å². The Morgan fingerprint density at radius 2 is 1.36 bits per heavy atom. The number of carboxylic acid groups (broad SMARTS) is 2. The van der Waals surface area contributed by atoms with E-state index in [1.807, 2.05) is 24.3 Å². The largest absolute Gasteiger partial charge is 0.493 e. The van der Waals surface area contributed by atoms with Gasteiger partial charge in [-0.1, -0.05) is 24.3 Å². The van der Waals surface area contributed by atoms with Gasteiger partial charge in [-0.3, -0.25) is 4.90 Å². The molecule has 252 valence electrons. The van der Waals surface area contributed by atoms with E-state index in [0.29, 0.717) is 12.2 Å². The zero-order chi connectivity index (χ0) is 33.8. The molecule has 2 aliphatic heterocycles. The molecule has 2 N–H and O–H groups in total. The van der Waals surface area contributed by atoms with Gasteiger partial charge in [-0.05, 0) is 84.5 Å². The molecule has 0 aliphatic carbocycles. The Morgan fingerprint density at radius 1 is 0.851 bits per heavy atom. The Bertz CT molecular complexity index is 1430. The number of benzene rings is 3. The maximum Gasteiger partial charge on any atom is 0.328 e. The highest BCUT2D eigenvalue weighted by molar-refractivity contribution is 5.89. The normalized spacial score (nSPS) is 16.7. The van der Waals surface area contributed by atoms with Crippen LogP contribution in [0.5, 0.6) is 11.5 Å². The number of methoxy groups -OCH3 is 2. The molecule has 9 nitrogen and oxygen atoms in total. The Kier molecular flexibility index (Phi) is 13.3. The van der Waals surface area contributed by atoms with Crippen molar-refractivity contribution in [1.82, 2.24) is 9.80 Å². The maximum atomic E-state index is 13.5. The molecule has 5 rings (SSSR count). The third kappa shape index (κ3) is 10.6. The molecule has 3 aromatic carbocycles. The number of carboxylic acids is 2. The number of piperazine rings is 1. The lowest BCUT2D eigenvalue weighted by Gasteiger charge is -2.38. The van der Waals surface area contributed by atoms with Gasteiger partial charge in [0, 0.05) is 50.8 Å². The maximum absolute atomic E-state index is 13.5. The molecular formula is C36H42F2N2O7. The third-order valence-electron chi connectivity index (χ3n) is 8.45. The molecule has 1 saturated heterocycles. The first-order chi connectivity index (χ1) is 22.7. The number of hydrogen-bond donors (Lipinski definition) is 2. The molecule has 0 amide bonds. The van der Waals surface area contributed by atoms with Crippen LogP contribution < -0.4 is 9.47 Å². The molecule has 0 spiro atoms. The number of rotatable bonds is 12. The number of fused-ring (bicyclic) bond motifs is 1. The van der Waals surface area contributed by atoms with Gasteiger partial charge in [0.25, 0.3) is 0 Å². The molecule has 2 heterocycles. The monoisotopic (exact) mass is 652 g/mol. The molecule has 11 heteroatoms. The van der Waals surface area contributed by atoms with Gasteiger partial charge < -0.3 is 29.3 Å². The summed E-state index contributed by atoms with van der Waals surface area (Å²) in [5.74, 6) is -1.36. The molecule has 47 heavy (non-hydrogen) atoms. The Labute approximate surface area is 274 Å². The van der Waals surface area contributed by atoms with E-state index in [-0.39, 0.29) is 23.7 Å².